The second-order valence-corrected chi connectivity index (χ2v) is 0. The average Bonchev–Trinajstić information content (AvgIpc) is 0. The molecule has 0 N–H and O–H groups in total. The maximum atomic E-state index is 0. The summed E-state index contributed by atoms with van der Waals surface area (Å²) in [5, 5.41) is 0. The van der Waals surface area contributed by atoms with Crippen molar-refractivity contribution in [3.63, 3.8) is 0 Å². The molecule has 0 atom stereocenters. The molecule has 0 spiro atoms. The van der Waals surface area contributed by atoms with Crippen LogP contribution in [0.5, 0.6) is 0 Å². The van der Waals surface area contributed by atoms with Crippen molar-refractivity contribution in [3.05, 3.63) is 0 Å². The van der Waals surface area contributed by atoms with Gasteiger partial charge in [0.15, 0.2) is 0 Å². The molecule has 0 rings (SSSR count). The predicted octanol–water partition coefficient (Wildman–Crippen LogP) is -0.388. The zero-order valence-electron chi connectivity index (χ0n) is 1.53. The molecule has 0 fully saturated rings. The first-order valence-electron chi connectivity index (χ1n) is 0. The molecule has 0 aromatic heterocycles. The van der Waals surface area contributed by atoms with E-state index in [9.17, 15) is 0 Å². The Bertz CT molecular complexity index is 3.25. The Morgan fingerprint density at radius 3 is 0.500 bits per heavy atom. The molecule has 0 aliphatic carbocycles. The van der Waals surface area contributed by atoms with Gasteiger partial charge in [0.05, 0.1) is 0 Å². The van der Waals surface area contributed by atoms with E-state index in [1.165, 1.54) is 0 Å². The molecule has 0 aliphatic rings. The van der Waals surface area contributed by atoms with Gasteiger partial charge in [-0.05, 0) is 0 Å². The molecule has 0 saturated heterocycles. The largest absolute Gasteiger partial charge is 0 e. The van der Waals surface area contributed by atoms with Crippen molar-refractivity contribution < 1.29 is 63.2 Å². The van der Waals surface area contributed by atoms with E-state index in [0.717, 1.165) is 0 Å². The van der Waals surface area contributed by atoms with Crippen molar-refractivity contribution in [2.75, 3.05) is 0 Å². The second kappa shape index (κ2) is 16.8. The molecule has 0 aliphatic heterocycles. The standard InChI is InChI=1S/In.3Pt. The number of rotatable bonds is 0. The Morgan fingerprint density at radius 2 is 0.500 bits per heavy atom. The summed E-state index contributed by atoms with van der Waals surface area (Å²) in [6.45, 7) is 0. The molecule has 4 heteroatoms. The van der Waals surface area contributed by atoms with E-state index in [1.807, 2.05) is 0 Å². The molecule has 33 valence electrons. The van der Waals surface area contributed by atoms with Gasteiger partial charge in [-0.1, -0.05) is 0 Å². The molecular formula is InPt3. The van der Waals surface area contributed by atoms with Gasteiger partial charge in [0.1, 0.15) is 0 Å². The summed E-state index contributed by atoms with van der Waals surface area (Å²) in [4.78, 5) is 0. The van der Waals surface area contributed by atoms with Crippen molar-refractivity contribution in [2.24, 2.45) is 0 Å². The molecule has 3 radical (unpaired) electrons. The van der Waals surface area contributed by atoms with Crippen LogP contribution in [0.1, 0.15) is 0 Å². The van der Waals surface area contributed by atoms with Gasteiger partial charge in [-0.15, -0.1) is 0 Å². The Morgan fingerprint density at radius 1 is 0.500 bits per heavy atom. The average molecular weight is 700 g/mol. The van der Waals surface area contributed by atoms with Crippen LogP contribution in [0.15, 0.2) is 0 Å². The molecule has 0 unspecified atom stereocenters. The molecule has 0 aromatic rings. The molecular weight excluding hydrogens is 700 g/mol. The predicted molar refractivity (Wildman–Crippen MR) is 5.75 cm³/mol. The minimum atomic E-state index is 0. The quantitative estimate of drug-likeness (QED) is 0.324. The van der Waals surface area contributed by atoms with E-state index in [0.29, 0.717) is 0 Å². The molecule has 0 nitrogen and oxygen atoms in total. The molecule has 4 heavy (non-hydrogen) atoms. The SMILES string of the molecule is [In].[Pt].[Pt].[Pt]. The summed E-state index contributed by atoms with van der Waals surface area (Å²) in [7, 11) is 0. The van der Waals surface area contributed by atoms with Crippen LogP contribution in [0.25, 0.3) is 0 Å². The van der Waals surface area contributed by atoms with Crippen molar-refractivity contribution in [1.29, 1.82) is 0 Å². The van der Waals surface area contributed by atoms with Crippen LogP contribution in [-0.2, 0) is 63.2 Å². The van der Waals surface area contributed by atoms with E-state index in [4.69, 9.17) is 0 Å². The fourth-order valence-electron chi connectivity index (χ4n) is 0. The van der Waals surface area contributed by atoms with E-state index in [2.05, 4.69) is 0 Å². The van der Waals surface area contributed by atoms with Crippen molar-refractivity contribution in [2.45, 2.75) is 0 Å². The van der Waals surface area contributed by atoms with Crippen LogP contribution >= 0.6 is 0 Å². The first kappa shape index (κ1) is 28.4. The summed E-state index contributed by atoms with van der Waals surface area (Å²) in [6.07, 6.45) is 0. The van der Waals surface area contributed by atoms with Crippen molar-refractivity contribution in [3.8, 4) is 0 Å². The normalized spacial score (nSPS) is 0. The zero-order chi connectivity index (χ0) is 0. The fraction of sp³-hybridized carbons (Fsp3) is 0. The monoisotopic (exact) mass is 700 g/mol. The van der Waals surface area contributed by atoms with Gasteiger partial charge in [0, 0.05) is 89.0 Å². The third-order valence-electron chi connectivity index (χ3n) is 0. The van der Waals surface area contributed by atoms with Gasteiger partial charge in [-0.25, -0.2) is 0 Å². The summed E-state index contributed by atoms with van der Waals surface area (Å²) >= 11 is 0. The third kappa shape index (κ3) is 8.87. The Labute approximate surface area is 87.4 Å². The molecule has 0 saturated carbocycles. The van der Waals surface area contributed by atoms with Crippen LogP contribution < -0.4 is 0 Å². The molecule has 0 amide bonds. The van der Waals surface area contributed by atoms with Gasteiger partial charge >= 0.3 is 0 Å². The van der Waals surface area contributed by atoms with E-state index >= 15 is 0 Å². The minimum absolute atomic E-state index is 0. The minimum Gasteiger partial charge on any atom is 0 e. The van der Waals surface area contributed by atoms with E-state index in [-0.39, 0.29) is 89.0 Å². The zero-order valence-corrected chi connectivity index (χ0v) is 11.6. The first-order valence-corrected chi connectivity index (χ1v) is 0. The van der Waals surface area contributed by atoms with Crippen molar-refractivity contribution in [1.82, 2.24) is 0 Å². The van der Waals surface area contributed by atoms with Gasteiger partial charge in [0.25, 0.3) is 0 Å². The number of hydrogen-bond donors (Lipinski definition) is 0. The third-order valence-corrected chi connectivity index (χ3v) is 0. The first-order chi connectivity index (χ1) is 0. The van der Waals surface area contributed by atoms with Crippen LogP contribution in [0.4, 0.5) is 0 Å². The number of hydrogen-bond acceptors (Lipinski definition) is 0. The van der Waals surface area contributed by atoms with Gasteiger partial charge in [0.2, 0.25) is 0 Å². The van der Waals surface area contributed by atoms with Crippen LogP contribution in [0.3, 0.4) is 0 Å². The topological polar surface area (TPSA) is 0 Å². The Balaban J connectivity index is 0. The smallest absolute Gasteiger partial charge is 0 e. The summed E-state index contributed by atoms with van der Waals surface area (Å²) in [6, 6.07) is 0. The van der Waals surface area contributed by atoms with Crippen LogP contribution in [-0.4, -0.2) is 25.8 Å². The molecule has 0 heterocycles. The van der Waals surface area contributed by atoms with Crippen molar-refractivity contribution >= 4 is 25.8 Å². The molecule has 0 aromatic carbocycles. The summed E-state index contributed by atoms with van der Waals surface area (Å²) in [5.74, 6) is 0. The second-order valence-electron chi connectivity index (χ2n) is 0. The van der Waals surface area contributed by atoms with Gasteiger partial charge in [-0.3, -0.25) is 0 Å². The molecule has 0 bridgehead atoms. The summed E-state index contributed by atoms with van der Waals surface area (Å²) < 4.78 is 0. The Kier molecular flexibility index (Phi) is 119. The van der Waals surface area contributed by atoms with Crippen LogP contribution in [0, 0.1) is 0 Å². The van der Waals surface area contributed by atoms with Gasteiger partial charge < -0.3 is 0 Å². The van der Waals surface area contributed by atoms with Crippen LogP contribution in [0.2, 0.25) is 0 Å². The van der Waals surface area contributed by atoms with E-state index < -0.39 is 0 Å². The fourth-order valence-corrected chi connectivity index (χ4v) is 0. The van der Waals surface area contributed by atoms with E-state index in [1.54, 1.807) is 0 Å². The van der Waals surface area contributed by atoms with Gasteiger partial charge in [-0.2, -0.15) is 0 Å². The maximum absolute atomic E-state index is 0. The summed E-state index contributed by atoms with van der Waals surface area (Å²) in [5.41, 5.74) is 0. The maximum Gasteiger partial charge on any atom is 0 e. The Hall–Kier alpha value is 2.94.